The summed E-state index contributed by atoms with van der Waals surface area (Å²) < 4.78 is 37.3. The Kier molecular flexibility index (Phi) is 9.07. The van der Waals surface area contributed by atoms with E-state index in [0.29, 0.717) is 0 Å². The number of rotatable bonds is 5. The Bertz CT molecular complexity index is 1130. The highest BCUT2D eigenvalue weighted by Crippen LogP contribution is 2.32. The van der Waals surface area contributed by atoms with Crippen LogP contribution in [0.2, 0.25) is 0 Å². The first kappa shape index (κ1) is 26.5. The van der Waals surface area contributed by atoms with Crippen LogP contribution >= 0.6 is 11.3 Å². The summed E-state index contributed by atoms with van der Waals surface area (Å²) in [6.45, 7) is 3.73. The number of nitrogens with one attached hydrogen (secondary N) is 3. The summed E-state index contributed by atoms with van der Waals surface area (Å²) in [4.78, 5) is 22.3. The third kappa shape index (κ3) is 7.41. The average molecular weight is 510 g/mol. The molecule has 0 aliphatic carbocycles. The van der Waals surface area contributed by atoms with Gasteiger partial charge in [0.15, 0.2) is 0 Å². The molecule has 0 unspecified atom stereocenters. The Hall–Kier alpha value is -3.15. The molecular formula is C24H26F3N3O4S. The highest BCUT2D eigenvalue weighted by atomic mass is 32.1. The minimum atomic E-state index is -5.08. The number of methoxy groups -OCH3 is 1. The lowest BCUT2D eigenvalue weighted by Gasteiger charge is -2.17. The number of carboxylic acid groups (broad SMARTS) is 1. The van der Waals surface area contributed by atoms with Crippen molar-refractivity contribution in [3.05, 3.63) is 57.8 Å². The van der Waals surface area contributed by atoms with Crippen LogP contribution in [0, 0.1) is 0 Å². The number of hydrogen-bond acceptors (Lipinski definition) is 6. The minimum absolute atomic E-state index is 0.0818. The molecule has 0 atom stereocenters. The summed E-state index contributed by atoms with van der Waals surface area (Å²) in [5, 5.41) is 18.8. The van der Waals surface area contributed by atoms with Gasteiger partial charge in [-0.15, -0.1) is 11.3 Å². The molecule has 35 heavy (non-hydrogen) atoms. The molecule has 2 aliphatic rings. The summed E-state index contributed by atoms with van der Waals surface area (Å²) in [6.07, 6.45) is 1.29. The molecule has 3 heterocycles. The smallest absolute Gasteiger partial charge is 0.490 e. The predicted molar refractivity (Wildman–Crippen MR) is 130 cm³/mol. The lowest BCUT2D eigenvalue weighted by Crippen LogP contribution is -2.21. The van der Waals surface area contributed by atoms with Crippen LogP contribution in [0.1, 0.15) is 33.6 Å². The molecule has 4 rings (SSSR count). The standard InChI is InChI=1S/C22H25N3O2S.C2HF3O2/c1-27-20-13-18(2-3-19(20)16-6-10-24-11-7-16)25-22(26)21-12-17(14-28-21)15-4-8-23-9-5-15;3-2(4,5)1(6)7/h2-4,6,12-14,23-24H,5,7-11H2,1H3,(H,25,26);(H,6,7). The van der Waals surface area contributed by atoms with E-state index in [2.05, 4.69) is 33.5 Å². The maximum absolute atomic E-state index is 12.7. The number of benzene rings is 1. The molecule has 188 valence electrons. The van der Waals surface area contributed by atoms with Crippen molar-refractivity contribution in [3.63, 3.8) is 0 Å². The summed E-state index contributed by atoms with van der Waals surface area (Å²) in [5.74, 6) is -2.05. The fraction of sp³-hybridized carbons (Fsp3) is 0.333. The van der Waals surface area contributed by atoms with E-state index in [1.54, 1.807) is 7.11 Å². The van der Waals surface area contributed by atoms with Crippen LogP contribution in [0.25, 0.3) is 11.1 Å². The van der Waals surface area contributed by atoms with Crippen molar-refractivity contribution in [1.82, 2.24) is 10.6 Å². The minimum Gasteiger partial charge on any atom is -0.496 e. The summed E-state index contributed by atoms with van der Waals surface area (Å²) in [6, 6.07) is 7.87. The Morgan fingerprint density at radius 2 is 1.69 bits per heavy atom. The maximum atomic E-state index is 12.7. The number of alkyl halides is 3. The highest BCUT2D eigenvalue weighted by molar-refractivity contribution is 7.12. The molecule has 0 bridgehead atoms. The van der Waals surface area contributed by atoms with E-state index in [1.165, 1.54) is 22.5 Å². The van der Waals surface area contributed by atoms with Gasteiger partial charge in [0.1, 0.15) is 5.75 Å². The number of hydrogen-bond donors (Lipinski definition) is 4. The molecule has 7 nitrogen and oxygen atoms in total. The summed E-state index contributed by atoms with van der Waals surface area (Å²) in [7, 11) is 1.67. The van der Waals surface area contributed by atoms with Crippen molar-refractivity contribution in [2.75, 3.05) is 38.6 Å². The Labute approximate surface area is 204 Å². The van der Waals surface area contributed by atoms with Gasteiger partial charge in [-0.05, 0) is 66.2 Å². The van der Waals surface area contributed by atoms with Gasteiger partial charge >= 0.3 is 12.1 Å². The van der Waals surface area contributed by atoms with Crippen LogP contribution < -0.4 is 20.7 Å². The maximum Gasteiger partial charge on any atom is 0.490 e. The second kappa shape index (κ2) is 12.0. The Balaban J connectivity index is 0.000000429. The second-order valence-corrected chi connectivity index (χ2v) is 8.65. The van der Waals surface area contributed by atoms with Gasteiger partial charge in [0.05, 0.1) is 12.0 Å². The molecule has 0 saturated heterocycles. The number of halogens is 3. The highest BCUT2D eigenvalue weighted by Gasteiger charge is 2.38. The van der Waals surface area contributed by atoms with E-state index < -0.39 is 12.1 Å². The molecule has 0 spiro atoms. The van der Waals surface area contributed by atoms with Gasteiger partial charge in [-0.25, -0.2) is 4.79 Å². The van der Waals surface area contributed by atoms with Gasteiger partial charge in [-0.2, -0.15) is 13.2 Å². The molecule has 0 radical (unpaired) electrons. The molecule has 1 aromatic carbocycles. The van der Waals surface area contributed by atoms with Gasteiger partial charge in [0.2, 0.25) is 0 Å². The van der Waals surface area contributed by atoms with Gasteiger partial charge < -0.3 is 25.8 Å². The number of carbonyl (C=O) groups excluding carboxylic acids is 1. The van der Waals surface area contributed by atoms with Gasteiger partial charge in [-0.3, -0.25) is 4.79 Å². The van der Waals surface area contributed by atoms with E-state index >= 15 is 0 Å². The van der Waals surface area contributed by atoms with Crippen LogP contribution in [-0.4, -0.2) is 56.4 Å². The van der Waals surface area contributed by atoms with Crippen LogP contribution in [0.4, 0.5) is 18.9 Å². The number of ether oxygens (including phenoxy) is 1. The first-order valence-electron chi connectivity index (χ1n) is 10.9. The largest absolute Gasteiger partial charge is 0.496 e. The topological polar surface area (TPSA) is 99.7 Å². The molecule has 4 N–H and O–H groups in total. The lowest BCUT2D eigenvalue weighted by molar-refractivity contribution is -0.192. The summed E-state index contributed by atoms with van der Waals surface area (Å²) >= 11 is 1.49. The third-order valence-electron chi connectivity index (χ3n) is 5.37. The van der Waals surface area contributed by atoms with E-state index in [1.807, 2.05) is 24.3 Å². The number of thiophene rings is 1. The molecule has 1 aromatic heterocycles. The SMILES string of the molecule is COc1cc(NC(=O)c2cc(C3=CCNCC3)cs2)ccc1C1=CCNCC1.O=C(O)C(F)(F)F. The zero-order valence-corrected chi connectivity index (χ0v) is 19.8. The van der Waals surface area contributed by atoms with E-state index in [0.717, 1.165) is 66.5 Å². The van der Waals surface area contributed by atoms with E-state index in [9.17, 15) is 18.0 Å². The summed E-state index contributed by atoms with van der Waals surface area (Å²) in [5.41, 5.74) is 5.60. The molecule has 1 amide bonds. The predicted octanol–water partition coefficient (Wildman–Crippen LogP) is 4.40. The fourth-order valence-corrected chi connectivity index (χ4v) is 4.43. The normalized spacial score (nSPS) is 15.8. The van der Waals surface area contributed by atoms with E-state index in [-0.39, 0.29) is 5.91 Å². The number of carbonyl (C=O) groups is 2. The van der Waals surface area contributed by atoms with Crippen molar-refractivity contribution < 1.29 is 32.6 Å². The van der Waals surface area contributed by atoms with Crippen molar-refractivity contribution in [3.8, 4) is 5.75 Å². The zero-order chi connectivity index (χ0) is 25.4. The number of anilines is 1. The second-order valence-electron chi connectivity index (χ2n) is 7.74. The van der Waals surface area contributed by atoms with Crippen molar-refractivity contribution in [1.29, 1.82) is 0 Å². The van der Waals surface area contributed by atoms with Gasteiger partial charge in [0, 0.05) is 30.4 Å². The first-order valence-corrected chi connectivity index (χ1v) is 11.7. The molecule has 2 aliphatic heterocycles. The molecule has 11 heteroatoms. The van der Waals surface area contributed by atoms with Crippen LogP contribution in [0.15, 0.2) is 41.8 Å². The monoisotopic (exact) mass is 509 g/mol. The van der Waals surface area contributed by atoms with Crippen molar-refractivity contribution in [2.24, 2.45) is 0 Å². The van der Waals surface area contributed by atoms with Crippen molar-refractivity contribution in [2.45, 2.75) is 19.0 Å². The molecule has 0 fully saturated rings. The average Bonchev–Trinajstić information content (AvgIpc) is 3.35. The zero-order valence-electron chi connectivity index (χ0n) is 19.0. The first-order chi connectivity index (χ1) is 16.7. The number of carboxylic acids is 1. The Morgan fingerprint density at radius 1 is 1.06 bits per heavy atom. The van der Waals surface area contributed by atoms with Crippen LogP contribution in [-0.2, 0) is 4.79 Å². The Morgan fingerprint density at radius 3 is 2.23 bits per heavy atom. The van der Waals surface area contributed by atoms with Crippen LogP contribution in [0.3, 0.4) is 0 Å². The molecular weight excluding hydrogens is 483 g/mol. The fourth-order valence-electron chi connectivity index (χ4n) is 3.60. The lowest BCUT2D eigenvalue weighted by atomic mass is 9.99. The number of amides is 1. The number of aliphatic carboxylic acids is 1. The molecule has 0 saturated carbocycles. The van der Waals surface area contributed by atoms with Gasteiger partial charge in [-0.1, -0.05) is 12.2 Å². The third-order valence-corrected chi connectivity index (χ3v) is 6.30. The van der Waals surface area contributed by atoms with Crippen LogP contribution in [0.5, 0.6) is 5.75 Å². The van der Waals surface area contributed by atoms with Crippen molar-refractivity contribution >= 4 is 40.0 Å². The van der Waals surface area contributed by atoms with E-state index in [4.69, 9.17) is 14.6 Å². The molecule has 2 aromatic rings. The quantitative estimate of drug-likeness (QED) is 0.477. The van der Waals surface area contributed by atoms with Gasteiger partial charge in [0.25, 0.3) is 5.91 Å².